The van der Waals surface area contributed by atoms with E-state index in [2.05, 4.69) is 18.8 Å². The third-order valence-electron chi connectivity index (χ3n) is 7.05. The maximum absolute atomic E-state index is 12.9. The predicted octanol–water partition coefficient (Wildman–Crippen LogP) is 3.28. The van der Waals surface area contributed by atoms with Crippen LogP contribution in [0.3, 0.4) is 0 Å². The summed E-state index contributed by atoms with van der Waals surface area (Å²) in [6, 6.07) is 0. The van der Waals surface area contributed by atoms with E-state index >= 15 is 0 Å². The molecule has 0 bridgehead atoms. The van der Waals surface area contributed by atoms with E-state index in [0.717, 1.165) is 38.0 Å². The second-order valence-electron chi connectivity index (χ2n) is 8.50. The van der Waals surface area contributed by atoms with Gasteiger partial charge in [0.1, 0.15) is 0 Å². The summed E-state index contributed by atoms with van der Waals surface area (Å²) in [6.45, 7) is 11.9. The second-order valence-corrected chi connectivity index (χ2v) is 9.61. The molecular formula is C20H33N3O2S. The van der Waals surface area contributed by atoms with Gasteiger partial charge in [-0.1, -0.05) is 20.8 Å². The summed E-state index contributed by atoms with van der Waals surface area (Å²) in [7, 11) is 0. The standard InChI is InChI=1S/C20H33N3O2S/c1-6-23(7-2)18(25)11(3)13-8-9-20(5)10-14-16(22-19(21)26-14)12(4)15(20)17(13)24/h11-13,15,17,24H,6-10H2,1-5H3,(H2,21,22)/t11-,12-,13?,15+,17-,20-/m0/s1. The molecule has 6 heteroatoms. The minimum absolute atomic E-state index is 0.0150. The molecule has 26 heavy (non-hydrogen) atoms. The van der Waals surface area contributed by atoms with Crippen LogP contribution in [-0.2, 0) is 11.2 Å². The minimum Gasteiger partial charge on any atom is -0.392 e. The number of aliphatic hydroxyl groups is 1. The number of nitrogen functional groups attached to an aromatic ring is 1. The number of thiazole rings is 1. The van der Waals surface area contributed by atoms with E-state index in [4.69, 9.17) is 5.73 Å². The van der Waals surface area contributed by atoms with Gasteiger partial charge in [0, 0.05) is 29.8 Å². The Morgan fingerprint density at radius 1 is 1.46 bits per heavy atom. The fourth-order valence-corrected chi connectivity index (χ4v) is 6.71. The van der Waals surface area contributed by atoms with E-state index in [0.29, 0.717) is 5.13 Å². The molecule has 146 valence electrons. The van der Waals surface area contributed by atoms with Gasteiger partial charge in [0.25, 0.3) is 0 Å². The number of carbonyl (C=O) groups excluding carboxylic acids is 1. The van der Waals surface area contributed by atoms with E-state index in [1.54, 1.807) is 11.3 Å². The molecule has 1 unspecified atom stereocenters. The molecule has 0 aromatic carbocycles. The SMILES string of the molecule is CCN(CC)C(=O)[C@@H](C)C1CC[C@@]2(C)Cc3sc(N)nc3[C@@H](C)[C@@H]2[C@H]1O. The molecule has 1 saturated carbocycles. The highest BCUT2D eigenvalue weighted by molar-refractivity contribution is 7.15. The molecule has 1 heterocycles. The highest BCUT2D eigenvalue weighted by Gasteiger charge is 2.54. The number of carbonyl (C=O) groups is 1. The summed E-state index contributed by atoms with van der Waals surface area (Å²) in [5, 5.41) is 12.0. The van der Waals surface area contributed by atoms with Crippen LogP contribution in [0.15, 0.2) is 0 Å². The van der Waals surface area contributed by atoms with Crippen molar-refractivity contribution in [3.05, 3.63) is 10.6 Å². The number of aliphatic hydroxyl groups excluding tert-OH is 1. The number of nitrogens with two attached hydrogens (primary N) is 1. The molecule has 0 aliphatic heterocycles. The van der Waals surface area contributed by atoms with Gasteiger partial charge in [-0.2, -0.15) is 0 Å². The van der Waals surface area contributed by atoms with Gasteiger partial charge in [0.05, 0.1) is 11.8 Å². The number of hydrogen-bond donors (Lipinski definition) is 2. The van der Waals surface area contributed by atoms with Crippen LogP contribution in [0.1, 0.15) is 63.9 Å². The molecule has 3 N–H and O–H groups in total. The van der Waals surface area contributed by atoms with E-state index in [1.165, 1.54) is 4.88 Å². The van der Waals surface area contributed by atoms with Crippen LogP contribution in [0.2, 0.25) is 0 Å². The molecule has 1 aromatic heterocycles. The Morgan fingerprint density at radius 3 is 2.73 bits per heavy atom. The van der Waals surface area contributed by atoms with Crippen LogP contribution in [0, 0.1) is 23.2 Å². The minimum atomic E-state index is -0.477. The van der Waals surface area contributed by atoms with Crippen LogP contribution in [0.25, 0.3) is 0 Å². The summed E-state index contributed by atoms with van der Waals surface area (Å²) in [5.41, 5.74) is 7.08. The van der Waals surface area contributed by atoms with Crippen molar-refractivity contribution < 1.29 is 9.90 Å². The molecule has 0 radical (unpaired) electrons. The van der Waals surface area contributed by atoms with E-state index in [1.807, 2.05) is 25.7 Å². The number of nitrogens with zero attached hydrogens (tertiary/aromatic N) is 2. The van der Waals surface area contributed by atoms with E-state index in [9.17, 15) is 9.90 Å². The first-order chi connectivity index (χ1) is 12.2. The molecule has 3 rings (SSSR count). The largest absolute Gasteiger partial charge is 0.392 e. The fourth-order valence-electron chi connectivity index (χ4n) is 5.57. The van der Waals surface area contributed by atoms with Gasteiger partial charge in [-0.05, 0) is 50.4 Å². The van der Waals surface area contributed by atoms with Crippen molar-refractivity contribution in [1.29, 1.82) is 0 Å². The molecule has 1 amide bonds. The van der Waals surface area contributed by atoms with Crippen molar-refractivity contribution >= 4 is 22.4 Å². The highest BCUT2D eigenvalue weighted by Crippen LogP contribution is 2.57. The lowest BCUT2D eigenvalue weighted by Crippen LogP contribution is -2.53. The van der Waals surface area contributed by atoms with Crippen molar-refractivity contribution in [2.75, 3.05) is 18.8 Å². The van der Waals surface area contributed by atoms with Crippen LogP contribution in [0.5, 0.6) is 0 Å². The van der Waals surface area contributed by atoms with E-state index in [-0.39, 0.29) is 35.0 Å². The lowest BCUT2D eigenvalue weighted by atomic mass is 9.53. The zero-order valence-corrected chi connectivity index (χ0v) is 17.5. The monoisotopic (exact) mass is 379 g/mol. The molecule has 1 aromatic rings. The van der Waals surface area contributed by atoms with Crippen molar-refractivity contribution in [2.45, 2.75) is 65.9 Å². The van der Waals surface area contributed by atoms with Gasteiger partial charge in [-0.25, -0.2) is 4.98 Å². The zero-order chi connectivity index (χ0) is 19.2. The number of hydrogen-bond acceptors (Lipinski definition) is 5. The summed E-state index contributed by atoms with van der Waals surface area (Å²) >= 11 is 1.60. The lowest BCUT2D eigenvalue weighted by Gasteiger charge is -2.53. The summed E-state index contributed by atoms with van der Waals surface area (Å²) in [4.78, 5) is 20.6. The fraction of sp³-hybridized carbons (Fsp3) is 0.800. The van der Waals surface area contributed by atoms with Crippen molar-refractivity contribution in [2.24, 2.45) is 23.2 Å². The van der Waals surface area contributed by atoms with Gasteiger partial charge in [-0.3, -0.25) is 4.79 Å². The first-order valence-electron chi connectivity index (χ1n) is 9.95. The van der Waals surface area contributed by atoms with E-state index < -0.39 is 6.10 Å². The van der Waals surface area contributed by atoms with Crippen LogP contribution in [-0.4, -0.2) is 40.1 Å². The highest BCUT2D eigenvalue weighted by atomic mass is 32.1. The van der Waals surface area contributed by atoms with Crippen LogP contribution in [0.4, 0.5) is 5.13 Å². The Morgan fingerprint density at radius 2 is 2.12 bits per heavy atom. The summed E-state index contributed by atoms with van der Waals surface area (Å²) in [6.07, 6.45) is 2.40. The third-order valence-corrected chi connectivity index (χ3v) is 7.95. The Hall–Kier alpha value is -1.14. The summed E-state index contributed by atoms with van der Waals surface area (Å²) < 4.78 is 0. The molecule has 0 saturated heterocycles. The zero-order valence-electron chi connectivity index (χ0n) is 16.7. The number of anilines is 1. The molecular weight excluding hydrogens is 346 g/mol. The normalized spacial score (nSPS) is 34.7. The van der Waals surface area contributed by atoms with Gasteiger partial charge in [0.15, 0.2) is 5.13 Å². The molecule has 2 aliphatic carbocycles. The molecule has 0 spiro atoms. The molecule has 6 atom stereocenters. The first-order valence-corrected chi connectivity index (χ1v) is 10.8. The van der Waals surface area contributed by atoms with Crippen LogP contribution < -0.4 is 5.73 Å². The first kappa shape index (κ1) is 19.6. The maximum atomic E-state index is 12.9. The van der Waals surface area contributed by atoms with Gasteiger partial charge < -0.3 is 15.7 Å². The number of amides is 1. The Balaban J connectivity index is 1.87. The quantitative estimate of drug-likeness (QED) is 0.841. The molecule has 5 nitrogen and oxygen atoms in total. The Kier molecular flexibility index (Phi) is 5.37. The van der Waals surface area contributed by atoms with Gasteiger partial charge in [-0.15, -0.1) is 11.3 Å². The second kappa shape index (κ2) is 7.12. The Bertz CT molecular complexity index is 672. The van der Waals surface area contributed by atoms with Crippen molar-refractivity contribution in [1.82, 2.24) is 9.88 Å². The number of rotatable bonds is 4. The maximum Gasteiger partial charge on any atom is 0.225 e. The predicted molar refractivity (Wildman–Crippen MR) is 106 cm³/mol. The average Bonchev–Trinajstić information content (AvgIpc) is 2.95. The third kappa shape index (κ3) is 3.05. The smallest absolute Gasteiger partial charge is 0.225 e. The van der Waals surface area contributed by atoms with Crippen LogP contribution >= 0.6 is 11.3 Å². The van der Waals surface area contributed by atoms with Gasteiger partial charge in [0.2, 0.25) is 5.91 Å². The Labute approximate surface area is 161 Å². The van der Waals surface area contributed by atoms with Gasteiger partial charge >= 0.3 is 0 Å². The average molecular weight is 380 g/mol. The number of fused-ring (bicyclic) bond motifs is 2. The summed E-state index contributed by atoms with van der Waals surface area (Å²) in [5.74, 6) is 0.336. The van der Waals surface area contributed by atoms with Crippen molar-refractivity contribution in [3.63, 3.8) is 0 Å². The van der Waals surface area contributed by atoms with Crippen molar-refractivity contribution in [3.8, 4) is 0 Å². The molecule has 2 aliphatic rings. The number of aromatic nitrogens is 1. The topological polar surface area (TPSA) is 79.5 Å². The molecule has 1 fully saturated rings. The lowest BCUT2D eigenvalue weighted by molar-refractivity contribution is -0.144.